The van der Waals surface area contributed by atoms with Crippen LogP contribution in [0.15, 0.2) is 48.7 Å². The maximum atomic E-state index is 11.9. The second kappa shape index (κ2) is 17.9. The Bertz CT molecular complexity index is 1520. The molecule has 49 heavy (non-hydrogen) atoms. The van der Waals surface area contributed by atoms with E-state index in [1.807, 2.05) is 13.0 Å². The Morgan fingerprint density at radius 3 is 2.49 bits per heavy atom. The maximum Gasteiger partial charge on any atom is 0.303 e. The molecule has 6 unspecified atom stereocenters. The monoisotopic (exact) mass is 683 g/mol. The zero-order valence-corrected chi connectivity index (χ0v) is 28.2. The van der Waals surface area contributed by atoms with Crippen molar-refractivity contribution in [1.82, 2.24) is 10.3 Å². The lowest BCUT2D eigenvalue weighted by molar-refractivity contribution is -0.144. The molecule has 3 aromatic rings. The summed E-state index contributed by atoms with van der Waals surface area (Å²) in [7, 11) is 2.91. The summed E-state index contributed by atoms with van der Waals surface area (Å²) in [6.07, 6.45) is 1.92. The van der Waals surface area contributed by atoms with E-state index in [4.69, 9.17) is 24.7 Å². The van der Waals surface area contributed by atoms with Crippen molar-refractivity contribution in [2.75, 3.05) is 39.7 Å². The van der Waals surface area contributed by atoms with Gasteiger partial charge in [-0.1, -0.05) is 13.0 Å². The fraction of sp³-hybridized carbons (Fsp3) is 0.500. The van der Waals surface area contributed by atoms with E-state index in [1.165, 1.54) is 14.2 Å². The number of carboxylic acids is 1. The first-order chi connectivity index (χ1) is 23.6. The molecule has 0 spiro atoms. The number of hydrogen-bond donors (Lipinski definition) is 7. The second-order valence-electron chi connectivity index (χ2n) is 12.4. The van der Waals surface area contributed by atoms with E-state index in [0.717, 1.165) is 11.1 Å². The van der Waals surface area contributed by atoms with Crippen LogP contribution in [-0.2, 0) is 22.4 Å². The molecule has 1 aliphatic heterocycles. The van der Waals surface area contributed by atoms with E-state index in [-0.39, 0.29) is 61.1 Å². The Labute approximate surface area is 286 Å². The van der Waals surface area contributed by atoms with Gasteiger partial charge >= 0.3 is 5.97 Å². The molecule has 1 aromatic heterocycles. The van der Waals surface area contributed by atoms with Gasteiger partial charge in [-0.2, -0.15) is 0 Å². The molecule has 4 rings (SSSR count). The second-order valence-corrected chi connectivity index (χ2v) is 12.4. The highest BCUT2D eigenvalue weighted by Gasteiger charge is 2.39. The molecule has 0 aliphatic carbocycles. The normalized spacial score (nSPS) is 20.3. The van der Waals surface area contributed by atoms with Crippen molar-refractivity contribution in [2.45, 2.75) is 69.8 Å². The number of phenolic OH excluding ortho intramolecular Hbond substituents is 2. The molecule has 1 aliphatic rings. The van der Waals surface area contributed by atoms with Crippen molar-refractivity contribution in [3.8, 4) is 28.7 Å². The lowest BCUT2D eigenvalue weighted by atomic mass is 9.82. The number of carboxylic acid groups (broad SMARTS) is 1. The summed E-state index contributed by atoms with van der Waals surface area (Å²) in [6.45, 7) is 2.33. The molecule has 268 valence electrons. The van der Waals surface area contributed by atoms with Crippen LogP contribution in [0.25, 0.3) is 0 Å². The van der Waals surface area contributed by atoms with Crippen molar-refractivity contribution in [1.29, 1.82) is 0 Å². The number of aliphatic hydroxyl groups is 2. The molecule has 0 amide bonds. The number of nitrogen functional groups attached to an aromatic ring is 1. The molecule has 8 N–H and O–H groups in total. The van der Waals surface area contributed by atoms with Crippen LogP contribution in [0, 0.1) is 11.8 Å². The number of carbonyl (C=O) groups is 1. The quantitative estimate of drug-likeness (QED) is 0.102. The van der Waals surface area contributed by atoms with E-state index < -0.39 is 30.1 Å². The van der Waals surface area contributed by atoms with Crippen molar-refractivity contribution >= 4 is 11.8 Å². The molecule has 1 saturated heterocycles. The highest BCUT2D eigenvalue weighted by Crippen LogP contribution is 2.45. The number of nitrogens with two attached hydrogens (primary N) is 1. The third kappa shape index (κ3) is 10.1. The Hall–Kier alpha value is -4.30. The van der Waals surface area contributed by atoms with Crippen LogP contribution in [0.1, 0.15) is 55.4 Å². The van der Waals surface area contributed by atoms with Crippen LogP contribution in [0.5, 0.6) is 28.7 Å². The number of aliphatic hydroxyl groups excluding tert-OH is 2. The largest absolute Gasteiger partial charge is 0.504 e. The van der Waals surface area contributed by atoms with Gasteiger partial charge in [-0.05, 0) is 97.7 Å². The average molecular weight is 684 g/mol. The number of pyridine rings is 1. The van der Waals surface area contributed by atoms with Gasteiger partial charge in [0.2, 0.25) is 5.75 Å². The first kappa shape index (κ1) is 37.5. The lowest BCUT2D eigenvalue weighted by Gasteiger charge is -2.40. The summed E-state index contributed by atoms with van der Waals surface area (Å²) in [5.74, 6) is -0.997. The number of hydrogen-bond acceptors (Lipinski definition) is 12. The van der Waals surface area contributed by atoms with Gasteiger partial charge in [0.05, 0.1) is 39.0 Å². The molecule has 13 nitrogen and oxygen atoms in total. The number of aromatic nitrogens is 1. The van der Waals surface area contributed by atoms with Crippen LogP contribution < -0.4 is 25.3 Å². The number of ether oxygens (including phenoxy) is 4. The van der Waals surface area contributed by atoms with Crippen LogP contribution in [0.2, 0.25) is 0 Å². The smallest absolute Gasteiger partial charge is 0.303 e. The van der Waals surface area contributed by atoms with E-state index in [9.17, 15) is 30.3 Å². The Kier molecular flexibility index (Phi) is 13.7. The van der Waals surface area contributed by atoms with Gasteiger partial charge in [-0.25, -0.2) is 4.98 Å². The van der Waals surface area contributed by atoms with Crippen LogP contribution in [0.4, 0.5) is 5.82 Å². The number of rotatable bonds is 18. The first-order valence-corrected chi connectivity index (χ1v) is 16.6. The Balaban J connectivity index is 1.58. The average Bonchev–Trinajstić information content (AvgIpc) is 3.07. The number of aromatic hydroxyl groups is 2. The Morgan fingerprint density at radius 1 is 1.06 bits per heavy atom. The fourth-order valence-corrected chi connectivity index (χ4v) is 6.56. The minimum Gasteiger partial charge on any atom is -0.504 e. The van der Waals surface area contributed by atoms with Gasteiger partial charge in [-0.3, -0.25) is 4.79 Å². The highest BCUT2D eigenvalue weighted by atomic mass is 16.5. The van der Waals surface area contributed by atoms with Crippen molar-refractivity contribution in [3.63, 3.8) is 0 Å². The standard InChI is InChI=1S/C36H49N3O10/c1-4-38-27(23(18-34(43)44)13-22-9-11-39-33(37)15-22)20-48-32-17-24(16-31(47-3)35(32)45)36-26(10-12-40)29(42)19-25(49-36)7-5-21-6-8-28(41)30(14-21)46-2/h6,8-9,11,14-17,23,25-27,29,36,38,40-42,45H,4-5,7,10,12-13,18-20H2,1-3H3,(H2,37,39)(H,43,44). The summed E-state index contributed by atoms with van der Waals surface area (Å²) in [5, 5.41) is 55.3. The number of likely N-dealkylation sites (N-methyl/N-ethyl adjacent to an activating group) is 1. The topological polar surface area (TPSA) is 206 Å². The Morgan fingerprint density at radius 2 is 1.82 bits per heavy atom. The van der Waals surface area contributed by atoms with E-state index >= 15 is 0 Å². The van der Waals surface area contributed by atoms with Crippen LogP contribution >= 0.6 is 0 Å². The predicted octanol–water partition coefficient (Wildman–Crippen LogP) is 3.61. The zero-order valence-electron chi connectivity index (χ0n) is 28.2. The minimum atomic E-state index is -0.955. The van der Waals surface area contributed by atoms with Gasteiger partial charge in [0, 0.05) is 24.8 Å². The first-order valence-electron chi connectivity index (χ1n) is 16.6. The molecule has 0 saturated carbocycles. The van der Waals surface area contributed by atoms with Gasteiger partial charge in [0.1, 0.15) is 12.4 Å². The van der Waals surface area contributed by atoms with Gasteiger partial charge in [0.25, 0.3) is 0 Å². The number of aryl methyl sites for hydroxylation is 1. The van der Waals surface area contributed by atoms with Gasteiger partial charge in [0.15, 0.2) is 23.0 Å². The van der Waals surface area contributed by atoms with E-state index in [2.05, 4.69) is 10.3 Å². The molecule has 13 heteroatoms. The van der Waals surface area contributed by atoms with E-state index in [0.29, 0.717) is 49.4 Å². The maximum absolute atomic E-state index is 11.9. The summed E-state index contributed by atoms with van der Waals surface area (Å²) in [5.41, 5.74) is 8.24. The molecule has 6 atom stereocenters. The number of nitrogens with one attached hydrogen (secondary N) is 1. The summed E-state index contributed by atoms with van der Waals surface area (Å²) < 4.78 is 23.5. The zero-order chi connectivity index (χ0) is 35.5. The third-order valence-electron chi connectivity index (χ3n) is 9.03. The number of nitrogens with zero attached hydrogens (tertiary/aromatic N) is 1. The van der Waals surface area contributed by atoms with Crippen molar-refractivity contribution in [2.24, 2.45) is 11.8 Å². The predicted molar refractivity (Wildman–Crippen MR) is 182 cm³/mol. The van der Waals surface area contributed by atoms with Gasteiger partial charge < -0.3 is 55.5 Å². The lowest BCUT2D eigenvalue weighted by Crippen LogP contribution is -2.43. The number of aliphatic carboxylic acids is 1. The highest BCUT2D eigenvalue weighted by molar-refractivity contribution is 5.67. The van der Waals surface area contributed by atoms with Crippen LogP contribution in [0.3, 0.4) is 0 Å². The number of phenols is 2. The van der Waals surface area contributed by atoms with Crippen molar-refractivity contribution in [3.05, 3.63) is 65.4 Å². The summed E-state index contributed by atoms with van der Waals surface area (Å²) in [6, 6.07) is 11.5. The minimum absolute atomic E-state index is 0.0272. The third-order valence-corrected chi connectivity index (χ3v) is 9.03. The summed E-state index contributed by atoms with van der Waals surface area (Å²) >= 11 is 0. The molecule has 2 aromatic carbocycles. The number of benzene rings is 2. The molecule has 0 radical (unpaired) electrons. The van der Waals surface area contributed by atoms with Crippen LogP contribution in [-0.4, -0.2) is 88.7 Å². The number of methoxy groups -OCH3 is 2. The number of anilines is 1. The fourth-order valence-electron chi connectivity index (χ4n) is 6.56. The van der Waals surface area contributed by atoms with Crippen molar-refractivity contribution < 1.29 is 49.3 Å². The molecule has 0 bridgehead atoms. The summed E-state index contributed by atoms with van der Waals surface area (Å²) in [4.78, 5) is 15.9. The molecular formula is C36H49N3O10. The van der Waals surface area contributed by atoms with Gasteiger partial charge in [-0.15, -0.1) is 0 Å². The SMILES string of the molecule is CCNC(COc1cc(C2OC(CCc3ccc(O)c(OC)c3)CC(O)C2CCO)cc(OC)c1O)C(CC(=O)O)Cc1ccnc(N)c1. The molecule has 1 fully saturated rings. The van der Waals surface area contributed by atoms with E-state index in [1.54, 1.807) is 42.6 Å². The molecular weight excluding hydrogens is 634 g/mol. The molecule has 2 heterocycles.